The van der Waals surface area contributed by atoms with Gasteiger partial charge in [-0.1, -0.05) is 0 Å². The molecule has 5 heteroatoms. The largest absolute Gasteiger partial charge is 0.684 e. The fourth-order valence-corrected chi connectivity index (χ4v) is 0.961. The third-order valence-corrected chi connectivity index (χ3v) is 1.61. The molecule has 1 heterocycles. The zero-order valence-electron chi connectivity index (χ0n) is 7.83. The van der Waals surface area contributed by atoms with Gasteiger partial charge in [-0.25, -0.2) is 0 Å². The van der Waals surface area contributed by atoms with Crippen LogP contribution in [0.2, 0.25) is 0 Å². The standard InChI is InChI=1S/C8H14N3O.Ho/c1-9-8-6-10-11(7-8)4-3-5-12-2;/h6-7H,3-5H2,1-2H3;/q-1;. The van der Waals surface area contributed by atoms with Gasteiger partial charge >= 0.3 is 0 Å². The van der Waals surface area contributed by atoms with Crippen LogP contribution in [0.5, 0.6) is 0 Å². The van der Waals surface area contributed by atoms with E-state index in [1.165, 1.54) is 0 Å². The van der Waals surface area contributed by atoms with Gasteiger partial charge in [0.25, 0.3) is 0 Å². The fraction of sp³-hybridized carbons (Fsp3) is 0.625. The van der Waals surface area contributed by atoms with Crippen LogP contribution in [0.1, 0.15) is 6.42 Å². The van der Waals surface area contributed by atoms with Gasteiger partial charge in [0.1, 0.15) is 0 Å². The Labute approximate surface area is 109 Å². The van der Waals surface area contributed by atoms with E-state index >= 15 is 0 Å². The van der Waals surface area contributed by atoms with Crippen LogP contribution in [-0.4, -0.2) is 30.5 Å². The Morgan fingerprint density at radius 2 is 2.38 bits per heavy atom. The van der Waals surface area contributed by atoms with E-state index in [0.717, 1.165) is 25.3 Å². The molecule has 13 heavy (non-hydrogen) atoms. The first-order valence-corrected chi connectivity index (χ1v) is 3.98. The Morgan fingerprint density at radius 3 is 2.92 bits per heavy atom. The van der Waals surface area contributed by atoms with Gasteiger partial charge in [-0.05, 0) is 6.42 Å². The topological polar surface area (TPSA) is 41.2 Å². The van der Waals surface area contributed by atoms with Crippen molar-refractivity contribution < 1.29 is 42.5 Å². The molecular formula is C8H14HoN3O-. The molecule has 0 amide bonds. The van der Waals surface area contributed by atoms with Gasteiger partial charge in [-0.3, -0.25) is 4.68 Å². The van der Waals surface area contributed by atoms with Gasteiger partial charge in [0.15, 0.2) is 0 Å². The summed E-state index contributed by atoms with van der Waals surface area (Å²) >= 11 is 0. The summed E-state index contributed by atoms with van der Waals surface area (Å²) < 4.78 is 6.81. The molecule has 0 aliphatic carbocycles. The fourth-order valence-electron chi connectivity index (χ4n) is 0.961. The maximum Gasteiger partial charge on any atom is 0.0479 e. The third-order valence-electron chi connectivity index (χ3n) is 1.61. The van der Waals surface area contributed by atoms with E-state index in [0.29, 0.717) is 0 Å². The number of hydrogen-bond donors (Lipinski definition) is 0. The minimum atomic E-state index is 0. The van der Waals surface area contributed by atoms with Crippen molar-refractivity contribution in [1.29, 1.82) is 0 Å². The molecule has 0 unspecified atom stereocenters. The zero-order chi connectivity index (χ0) is 8.81. The van der Waals surface area contributed by atoms with E-state index in [9.17, 15) is 0 Å². The van der Waals surface area contributed by atoms with Crippen molar-refractivity contribution in [2.45, 2.75) is 13.0 Å². The molecular weight excluding hydrogens is 319 g/mol. The average molecular weight is 333 g/mol. The van der Waals surface area contributed by atoms with E-state index in [1.807, 2.05) is 10.9 Å². The van der Waals surface area contributed by atoms with Crippen LogP contribution in [0.25, 0.3) is 5.32 Å². The smallest absolute Gasteiger partial charge is 0.0479 e. The number of aryl methyl sites for hydroxylation is 1. The van der Waals surface area contributed by atoms with Gasteiger partial charge in [0, 0.05) is 70.4 Å². The molecule has 0 saturated carbocycles. The SMILES string of the molecule is C[N-]c1cnn(CCCOC)c1.[Ho]. The van der Waals surface area contributed by atoms with E-state index < -0.39 is 0 Å². The number of rotatable bonds is 5. The molecule has 0 saturated heterocycles. The second kappa shape index (κ2) is 7.62. The molecule has 1 aromatic rings. The summed E-state index contributed by atoms with van der Waals surface area (Å²) in [6.07, 6.45) is 4.67. The van der Waals surface area contributed by atoms with Crippen LogP contribution in [0.4, 0.5) is 5.69 Å². The van der Waals surface area contributed by atoms with Gasteiger partial charge in [0.05, 0.1) is 0 Å². The van der Waals surface area contributed by atoms with E-state index in [4.69, 9.17) is 4.74 Å². The maximum absolute atomic E-state index is 4.93. The number of nitrogens with zero attached hydrogens (tertiary/aromatic N) is 3. The molecule has 0 spiro atoms. The summed E-state index contributed by atoms with van der Waals surface area (Å²) in [6.45, 7) is 1.67. The van der Waals surface area contributed by atoms with Crippen molar-refractivity contribution in [1.82, 2.24) is 9.78 Å². The van der Waals surface area contributed by atoms with Crippen LogP contribution in [-0.2, 0) is 11.3 Å². The Hall–Kier alpha value is 0.230. The van der Waals surface area contributed by atoms with Crippen LogP contribution in [0.15, 0.2) is 12.4 Å². The Morgan fingerprint density at radius 1 is 1.62 bits per heavy atom. The molecule has 4 nitrogen and oxygen atoms in total. The first kappa shape index (κ1) is 13.2. The first-order chi connectivity index (χ1) is 5.86. The summed E-state index contributed by atoms with van der Waals surface area (Å²) in [5.74, 6) is 0. The minimum absolute atomic E-state index is 0. The summed E-state index contributed by atoms with van der Waals surface area (Å²) in [5.41, 5.74) is 0.924. The van der Waals surface area contributed by atoms with Crippen molar-refractivity contribution >= 4 is 5.69 Å². The van der Waals surface area contributed by atoms with Crippen molar-refractivity contribution in [3.8, 4) is 0 Å². The van der Waals surface area contributed by atoms with Gasteiger partial charge in [0.2, 0.25) is 0 Å². The normalized spacial score (nSPS) is 9.38. The molecule has 1 rings (SSSR count). The maximum atomic E-state index is 4.93. The minimum Gasteiger partial charge on any atom is -0.684 e. The number of aromatic nitrogens is 2. The van der Waals surface area contributed by atoms with Crippen LogP contribution >= 0.6 is 0 Å². The third kappa shape index (κ3) is 4.86. The van der Waals surface area contributed by atoms with Crippen molar-refractivity contribution in [2.24, 2.45) is 0 Å². The summed E-state index contributed by atoms with van der Waals surface area (Å²) in [5, 5.41) is 8.13. The molecule has 0 atom stereocenters. The second-order valence-electron chi connectivity index (χ2n) is 2.53. The molecule has 0 fully saturated rings. The number of methoxy groups -OCH3 is 1. The molecule has 0 bridgehead atoms. The van der Waals surface area contributed by atoms with E-state index in [2.05, 4.69) is 10.4 Å². The van der Waals surface area contributed by atoms with Crippen molar-refractivity contribution in [2.75, 3.05) is 20.8 Å². The summed E-state index contributed by atoms with van der Waals surface area (Å²) in [4.78, 5) is 0. The predicted octanol–water partition coefficient (Wildman–Crippen LogP) is 1.55. The van der Waals surface area contributed by atoms with Crippen molar-refractivity contribution in [3.05, 3.63) is 17.7 Å². The molecule has 1 radical (unpaired) electrons. The van der Waals surface area contributed by atoms with Crippen LogP contribution < -0.4 is 0 Å². The van der Waals surface area contributed by atoms with Gasteiger partial charge < -0.3 is 10.1 Å². The molecule has 1 aromatic heterocycles. The molecule has 0 aliphatic rings. The predicted molar refractivity (Wildman–Crippen MR) is 47.7 cm³/mol. The Kier molecular flexibility index (Phi) is 7.75. The quantitative estimate of drug-likeness (QED) is 0.606. The second-order valence-corrected chi connectivity index (χ2v) is 2.53. The number of hydrogen-bond acceptors (Lipinski definition) is 2. The Bertz CT molecular complexity index is 227. The summed E-state index contributed by atoms with van der Waals surface area (Å²) in [7, 11) is 3.46. The van der Waals surface area contributed by atoms with Gasteiger partial charge in [-0.2, -0.15) is 5.10 Å². The monoisotopic (exact) mass is 333 g/mol. The van der Waals surface area contributed by atoms with E-state index in [1.54, 1.807) is 20.4 Å². The first-order valence-electron chi connectivity index (χ1n) is 3.98. The molecule has 0 N–H and O–H groups in total. The molecule has 0 aliphatic heterocycles. The van der Waals surface area contributed by atoms with E-state index in [-0.39, 0.29) is 37.7 Å². The van der Waals surface area contributed by atoms with Crippen molar-refractivity contribution in [3.63, 3.8) is 0 Å². The Balaban J connectivity index is 0.00000144. The van der Waals surface area contributed by atoms with Crippen LogP contribution in [0.3, 0.4) is 0 Å². The molecule has 0 aromatic carbocycles. The molecule has 79 valence electrons. The summed E-state index contributed by atoms with van der Waals surface area (Å²) in [6, 6.07) is 0. The zero-order valence-corrected chi connectivity index (χ0v) is 9.76. The van der Waals surface area contributed by atoms with Crippen LogP contribution in [0, 0.1) is 37.7 Å². The average Bonchev–Trinajstić information content (AvgIpc) is 2.53. The van der Waals surface area contributed by atoms with Gasteiger partial charge in [-0.15, -0.1) is 12.7 Å². The number of ether oxygens (including phenoxy) is 1.